The minimum Gasteiger partial charge on any atom is -0.466 e. The Hall–Kier alpha value is -1.02. The molecular weight excluding hydrogens is 248 g/mol. The van der Waals surface area contributed by atoms with Gasteiger partial charge in [0.1, 0.15) is 0 Å². The number of ether oxygens (including phenoxy) is 1. The third kappa shape index (κ3) is 1.38. The summed E-state index contributed by atoms with van der Waals surface area (Å²) < 4.78 is 5.16. The first kappa shape index (κ1) is 12.0. The molecule has 3 heteroatoms. The largest absolute Gasteiger partial charge is 0.466 e. The summed E-state index contributed by atoms with van der Waals surface area (Å²) in [5, 5.41) is 0.744. The molecule has 1 aromatic carbocycles. The van der Waals surface area contributed by atoms with E-state index in [-0.39, 0.29) is 17.3 Å². The molecule has 96 valence electrons. The molecule has 0 aromatic heterocycles. The van der Waals surface area contributed by atoms with Crippen molar-refractivity contribution < 1.29 is 9.53 Å². The second kappa shape index (κ2) is 3.99. The van der Waals surface area contributed by atoms with Crippen molar-refractivity contribution in [1.82, 2.24) is 0 Å². The van der Waals surface area contributed by atoms with Crippen LogP contribution in [0.2, 0.25) is 5.02 Å². The molecule has 1 aromatic rings. The smallest absolute Gasteiger partial charge is 0.310 e. The number of carbonyl (C=O) groups excluding carboxylic acids is 1. The summed E-state index contributed by atoms with van der Waals surface area (Å²) in [5.41, 5.74) is 1.33. The van der Waals surface area contributed by atoms with Crippen LogP contribution in [0, 0.1) is 17.8 Å². The Morgan fingerprint density at radius 2 is 2.00 bits per heavy atom. The van der Waals surface area contributed by atoms with Crippen LogP contribution in [0.25, 0.3) is 0 Å². The van der Waals surface area contributed by atoms with Crippen LogP contribution >= 0.6 is 11.6 Å². The highest BCUT2D eigenvalue weighted by Crippen LogP contribution is 2.85. The van der Waals surface area contributed by atoms with Crippen LogP contribution in [-0.2, 0) is 14.9 Å². The van der Waals surface area contributed by atoms with Gasteiger partial charge in [0.2, 0.25) is 0 Å². The lowest BCUT2D eigenvalue weighted by Gasteiger charge is -2.17. The number of carbonyl (C=O) groups is 1. The fourth-order valence-corrected chi connectivity index (χ4v) is 3.91. The molecule has 0 saturated heterocycles. The first-order valence-electron chi connectivity index (χ1n) is 6.60. The summed E-state index contributed by atoms with van der Waals surface area (Å²) in [7, 11) is 0. The fraction of sp³-hybridized carbons (Fsp3) is 0.533. The highest BCUT2D eigenvalue weighted by Gasteiger charge is 2.88. The van der Waals surface area contributed by atoms with E-state index in [9.17, 15) is 4.79 Å². The van der Waals surface area contributed by atoms with Gasteiger partial charge >= 0.3 is 5.97 Å². The number of rotatable bonds is 4. The second-order valence-electron chi connectivity index (χ2n) is 5.21. The van der Waals surface area contributed by atoms with Gasteiger partial charge in [-0.3, -0.25) is 4.79 Å². The van der Waals surface area contributed by atoms with E-state index in [0.29, 0.717) is 18.4 Å². The molecule has 0 N–H and O–H groups in total. The van der Waals surface area contributed by atoms with Crippen molar-refractivity contribution in [2.24, 2.45) is 17.8 Å². The molecule has 2 nitrogen and oxygen atoms in total. The Bertz CT molecular complexity index is 482. The van der Waals surface area contributed by atoms with E-state index in [2.05, 4.69) is 19.1 Å². The first-order valence-corrected chi connectivity index (χ1v) is 6.98. The molecule has 18 heavy (non-hydrogen) atoms. The Kier molecular flexibility index (Phi) is 2.67. The highest BCUT2D eigenvalue weighted by molar-refractivity contribution is 6.30. The van der Waals surface area contributed by atoms with E-state index in [1.807, 2.05) is 19.1 Å². The van der Waals surface area contributed by atoms with E-state index in [1.165, 1.54) is 5.56 Å². The average Bonchev–Trinajstić information content (AvgIpc) is 3.19. The van der Waals surface area contributed by atoms with Gasteiger partial charge in [-0.25, -0.2) is 0 Å². The van der Waals surface area contributed by atoms with Crippen molar-refractivity contribution in [3.63, 3.8) is 0 Å². The van der Waals surface area contributed by atoms with Crippen LogP contribution in [0.3, 0.4) is 0 Å². The number of fused-ring (bicyclic) bond motifs is 1. The molecule has 3 unspecified atom stereocenters. The molecule has 0 heterocycles. The minimum absolute atomic E-state index is 0.0258. The van der Waals surface area contributed by atoms with E-state index in [4.69, 9.17) is 16.3 Å². The van der Waals surface area contributed by atoms with Crippen LogP contribution < -0.4 is 0 Å². The lowest BCUT2D eigenvalue weighted by molar-refractivity contribution is -0.146. The molecule has 2 aliphatic carbocycles. The molecule has 0 radical (unpaired) electrons. The van der Waals surface area contributed by atoms with Crippen molar-refractivity contribution in [1.29, 1.82) is 0 Å². The summed E-state index contributed by atoms with van der Waals surface area (Å²) in [4.78, 5) is 11.9. The average molecular weight is 265 g/mol. The molecular formula is C15H17ClO2. The van der Waals surface area contributed by atoms with Crippen LogP contribution in [0.1, 0.15) is 25.8 Å². The molecule has 0 spiro atoms. The van der Waals surface area contributed by atoms with Gasteiger partial charge in [0.25, 0.3) is 0 Å². The Morgan fingerprint density at radius 3 is 2.56 bits per heavy atom. The van der Waals surface area contributed by atoms with Crippen LogP contribution in [-0.4, -0.2) is 12.6 Å². The Balaban J connectivity index is 1.85. The molecule has 0 aliphatic heterocycles. The van der Waals surface area contributed by atoms with E-state index in [1.54, 1.807) is 0 Å². The molecule has 2 fully saturated rings. The predicted molar refractivity (Wildman–Crippen MR) is 70.5 cm³/mol. The normalized spacial score (nSPS) is 35.8. The molecule has 2 aliphatic rings. The van der Waals surface area contributed by atoms with Gasteiger partial charge in [-0.1, -0.05) is 37.1 Å². The van der Waals surface area contributed by atoms with Crippen molar-refractivity contribution in [3.05, 3.63) is 34.9 Å². The zero-order chi connectivity index (χ0) is 12.9. The van der Waals surface area contributed by atoms with Gasteiger partial charge in [0.05, 0.1) is 12.5 Å². The Labute approximate surface area is 112 Å². The van der Waals surface area contributed by atoms with Crippen molar-refractivity contribution in [2.45, 2.75) is 25.7 Å². The van der Waals surface area contributed by atoms with E-state index < -0.39 is 0 Å². The van der Waals surface area contributed by atoms with Crippen LogP contribution in [0.5, 0.6) is 0 Å². The van der Waals surface area contributed by atoms with E-state index in [0.717, 1.165) is 11.4 Å². The van der Waals surface area contributed by atoms with Gasteiger partial charge in [0.15, 0.2) is 0 Å². The third-order valence-electron chi connectivity index (χ3n) is 4.58. The van der Waals surface area contributed by atoms with Gasteiger partial charge in [-0.05, 0) is 36.5 Å². The predicted octanol–water partition coefficient (Wildman–Crippen LogP) is 3.43. The quantitative estimate of drug-likeness (QED) is 0.779. The standard InChI is InChI=1S/C15H17ClO2/c1-3-11-12-13(14(17)18-4-2)15(11,12)9-5-7-10(16)8-6-9/h5-8,11-13H,3-4H2,1-2H3/t11?,12?,13-,15?/m0/s1. The molecule has 0 amide bonds. The Morgan fingerprint density at radius 1 is 1.33 bits per heavy atom. The monoisotopic (exact) mass is 264 g/mol. The van der Waals surface area contributed by atoms with Crippen molar-refractivity contribution >= 4 is 17.6 Å². The fourth-order valence-electron chi connectivity index (χ4n) is 3.78. The lowest BCUT2D eigenvalue weighted by Crippen LogP contribution is -2.22. The number of hydrogen-bond acceptors (Lipinski definition) is 2. The molecule has 0 bridgehead atoms. The molecule has 3 rings (SSSR count). The van der Waals surface area contributed by atoms with Gasteiger partial charge in [0, 0.05) is 10.4 Å². The maximum atomic E-state index is 11.9. The van der Waals surface area contributed by atoms with Gasteiger partial charge in [-0.2, -0.15) is 0 Å². The topological polar surface area (TPSA) is 26.3 Å². The first-order chi connectivity index (χ1) is 8.67. The minimum atomic E-state index is -0.0258. The second-order valence-corrected chi connectivity index (χ2v) is 5.65. The van der Waals surface area contributed by atoms with Crippen LogP contribution in [0.4, 0.5) is 0 Å². The van der Waals surface area contributed by atoms with Crippen molar-refractivity contribution in [3.8, 4) is 0 Å². The summed E-state index contributed by atoms with van der Waals surface area (Å²) in [5.74, 6) is 1.21. The molecule has 4 atom stereocenters. The van der Waals surface area contributed by atoms with Crippen molar-refractivity contribution in [2.75, 3.05) is 6.61 Å². The summed E-state index contributed by atoms with van der Waals surface area (Å²) >= 11 is 5.92. The SMILES string of the molecule is CCOC(=O)[C@@H]1C2C(CC)C21c1ccc(Cl)cc1. The van der Waals surface area contributed by atoms with Gasteiger partial charge in [-0.15, -0.1) is 0 Å². The van der Waals surface area contributed by atoms with Crippen LogP contribution in [0.15, 0.2) is 24.3 Å². The summed E-state index contributed by atoms with van der Waals surface area (Å²) in [6, 6.07) is 7.94. The summed E-state index contributed by atoms with van der Waals surface area (Å²) in [6.45, 7) is 4.52. The maximum Gasteiger partial charge on any atom is 0.310 e. The number of halogens is 1. The zero-order valence-electron chi connectivity index (χ0n) is 10.7. The summed E-state index contributed by atoms with van der Waals surface area (Å²) in [6.07, 6.45) is 1.13. The molecule has 2 saturated carbocycles. The zero-order valence-corrected chi connectivity index (χ0v) is 11.4. The third-order valence-corrected chi connectivity index (χ3v) is 4.83. The number of hydrogen-bond donors (Lipinski definition) is 0. The number of benzene rings is 1. The highest BCUT2D eigenvalue weighted by atomic mass is 35.5. The number of esters is 1. The lowest BCUT2D eigenvalue weighted by atomic mass is 9.88. The maximum absolute atomic E-state index is 11.9. The van der Waals surface area contributed by atoms with E-state index >= 15 is 0 Å². The van der Waals surface area contributed by atoms with Gasteiger partial charge < -0.3 is 4.74 Å².